The van der Waals surface area contributed by atoms with Crippen molar-refractivity contribution in [1.29, 1.82) is 0 Å². The van der Waals surface area contributed by atoms with Crippen LogP contribution in [-0.4, -0.2) is 25.3 Å². The number of hydrogen-bond donors (Lipinski definition) is 2. The molecule has 118 valence electrons. The van der Waals surface area contributed by atoms with Crippen molar-refractivity contribution in [3.8, 4) is 0 Å². The molecule has 1 amide bonds. The van der Waals surface area contributed by atoms with Crippen LogP contribution in [-0.2, 0) is 14.6 Å². The van der Waals surface area contributed by atoms with Crippen LogP contribution in [0.5, 0.6) is 0 Å². The molecular formula is C15H24N2O3S. The lowest BCUT2D eigenvalue weighted by Crippen LogP contribution is -2.28. The van der Waals surface area contributed by atoms with Crippen LogP contribution in [0.1, 0.15) is 32.8 Å². The number of anilines is 2. The molecule has 1 atom stereocenters. The van der Waals surface area contributed by atoms with Crippen LogP contribution in [0.4, 0.5) is 11.4 Å². The second kappa shape index (κ2) is 6.93. The SMILES string of the molecule is Cc1ccc(N)cc1NC(=O)CCS(=O)(=O)C(C)C(C)C. The summed E-state index contributed by atoms with van der Waals surface area (Å²) in [5.41, 5.74) is 7.73. The van der Waals surface area contributed by atoms with Crippen molar-refractivity contribution in [1.82, 2.24) is 0 Å². The van der Waals surface area contributed by atoms with Crippen LogP contribution in [0.25, 0.3) is 0 Å². The molecule has 5 nitrogen and oxygen atoms in total. The maximum absolute atomic E-state index is 12.0. The number of carbonyl (C=O) groups excluding carboxylic acids is 1. The fourth-order valence-electron chi connectivity index (χ4n) is 1.82. The first-order chi connectivity index (χ1) is 9.63. The largest absolute Gasteiger partial charge is 0.399 e. The van der Waals surface area contributed by atoms with Gasteiger partial charge in [0.15, 0.2) is 9.84 Å². The van der Waals surface area contributed by atoms with E-state index in [1.165, 1.54) is 0 Å². The number of amides is 1. The fourth-order valence-corrected chi connectivity index (χ4v) is 3.49. The van der Waals surface area contributed by atoms with Gasteiger partial charge in [-0.25, -0.2) is 8.42 Å². The van der Waals surface area contributed by atoms with Gasteiger partial charge in [-0.3, -0.25) is 4.79 Å². The summed E-state index contributed by atoms with van der Waals surface area (Å²) in [5.74, 6) is -0.419. The standard InChI is InChI=1S/C15H24N2O3S/c1-10(2)12(4)21(19,20)8-7-15(18)17-14-9-13(16)6-5-11(14)3/h5-6,9-10,12H,7-8,16H2,1-4H3,(H,17,18). The Morgan fingerprint density at radius 1 is 1.29 bits per heavy atom. The van der Waals surface area contributed by atoms with Crippen LogP contribution in [0.15, 0.2) is 18.2 Å². The number of benzene rings is 1. The topological polar surface area (TPSA) is 89.3 Å². The number of nitrogens with two attached hydrogens (primary N) is 1. The zero-order valence-corrected chi connectivity index (χ0v) is 13.8. The lowest BCUT2D eigenvalue weighted by Gasteiger charge is -2.16. The summed E-state index contributed by atoms with van der Waals surface area (Å²) < 4.78 is 24.1. The van der Waals surface area contributed by atoms with Crippen LogP contribution in [0.3, 0.4) is 0 Å². The Labute approximate surface area is 126 Å². The Balaban J connectivity index is 2.65. The summed E-state index contributed by atoms with van der Waals surface area (Å²) in [6.45, 7) is 7.25. The highest BCUT2D eigenvalue weighted by atomic mass is 32.2. The highest BCUT2D eigenvalue weighted by Crippen LogP contribution is 2.19. The third-order valence-electron chi connectivity index (χ3n) is 3.65. The predicted octanol–water partition coefficient (Wildman–Crippen LogP) is 2.37. The van der Waals surface area contributed by atoms with E-state index in [4.69, 9.17) is 5.73 Å². The van der Waals surface area contributed by atoms with Crippen LogP contribution in [0.2, 0.25) is 0 Å². The number of carbonyl (C=O) groups is 1. The van der Waals surface area contributed by atoms with Gasteiger partial charge in [0, 0.05) is 17.8 Å². The predicted molar refractivity (Wildman–Crippen MR) is 86.9 cm³/mol. The quantitative estimate of drug-likeness (QED) is 0.789. The van der Waals surface area contributed by atoms with Crippen LogP contribution in [0, 0.1) is 12.8 Å². The highest BCUT2D eigenvalue weighted by molar-refractivity contribution is 7.92. The molecule has 0 aliphatic rings. The lowest BCUT2D eigenvalue weighted by atomic mass is 10.2. The molecule has 0 aliphatic heterocycles. The Morgan fingerprint density at radius 3 is 2.48 bits per heavy atom. The van der Waals surface area contributed by atoms with Crippen molar-refractivity contribution in [2.24, 2.45) is 5.92 Å². The van der Waals surface area contributed by atoms with E-state index >= 15 is 0 Å². The number of aryl methyl sites for hydroxylation is 1. The first-order valence-corrected chi connectivity index (χ1v) is 8.72. The zero-order chi connectivity index (χ0) is 16.2. The van der Waals surface area contributed by atoms with E-state index in [2.05, 4.69) is 5.32 Å². The van der Waals surface area contributed by atoms with E-state index in [1.807, 2.05) is 26.8 Å². The van der Waals surface area contributed by atoms with Crippen molar-refractivity contribution in [3.05, 3.63) is 23.8 Å². The molecule has 0 radical (unpaired) electrons. The van der Waals surface area contributed by atoms with Gasteiger partial charge >= 0.3 is 0 Å². The van der Waals surface area contributed by atoms with Gasteiger partial charge in [0.05, 0.1) is 11.0 Å². The molecule has 0 bridgehead atoms. The molecule has 0 spiro atoms. The summed E-state index contributed by atoms with van der Waals surface area (Å²) in [7, 11) is -3.25. The fraction of sp³-hybridized carbons (Fsp3) is 0.533. The second-order valence-corrected chi connectivity index (χ2v) is 8.17. The molecular weight excluding hydrogens is 288 g/mol. The van der Waals surface area contributed by atoms with Gasteiger partial charge in [0.2, 0.25) is 5.91 Å². The summed E-state index contributed by atoms with van der Waals surface area (Å²) in [6.07, 6.45) is -0.0480. The van der Waals surface area contributed by atoms with Gasteiger partial charge in [-0.1, -0.05) is 19.9 Å². The van der Waals surface area contributed by atoms with Gasteiger partial charge < -0.3 is 11.1 Å². The summed E-state index contributed by atoms with van der Waals surface area (Å²) in [4.78, 5) is 11.9. The van der Waals surface area contributed by atoms with Crippen molar-refractivity contribution < 1.29 is 13.2 Å². The highest BCUT2D eigenvalue weighted by Gasteiger charge is 2.24. The Morgan fingerprint density at radius 2 is 1.90 bits per heavy atom. The minimum atomic E-state index is -3.25. The molecule has 0 aromatic heterocycles. The van der Waals surface area contributed by atoms with Gasteiger partial charge in [0.1, 0.15) is 0 Å². The summed E-state index contributed by atoms with van der Waals surface area (Å²) >= 11 is 0. The summed E-state index contributed by atoms with van der Waals surface area (Å²) in [5, 5.41) is 2.26. The molecule has 0 aliphatic carbocycles. The molecule has 21 heavy (non-hydrogen) atoms. The van der Waals surface area contributed by atoms with Gasteiger partial charge in [-0.15, -0.1) is 0 Å². The second-order valence-electron chi connectivity index (χ2n) is 5.69. The number of rotatable bonds is 6. The Bertz CT molecular complexity index is 609. The van der Waals surface area contributed by atoms with E-state index in [9.17, 15) is 13.2 Å². The molecule has 0 saturated carbocycles. The molecule has 0 fully saturated rings. The molecule has 0 saturated heterocycles. The Kier molecular flexibility index (Phi) is 5.78. The van der Waals surface area contributed by atoms with Crippen molar-refractivity contribution in [2.45, 2.75) is 39.4 Å². The Hall–Kier alpha value is -1.56. The minimum Gasteiger partial charge on any atom is -0.399 e. The van der Waals surface area contributed by atoms with E-state index < -0.39 is 15.1 Å². The molecule has 1 unspecified atom stereocenters. The molecule has 6 heteroatoms. The molecule has 1 aromatic carbocycles. The number of nitrogen functional groups attached to an aromatic ring is 1. The zero-order valence-electron chi connectivity index (χ0n) is 13.0. The number of nitrogens with one attached hydrogen (secondary N) is 1. The molecule has 1 rings (SSSR count). The van der Waals surface area contributed by atoms with Crippen molar-refractivity contribution in [3.63, 3.8) is 0 Å². The maximum Gasteiger partial charge on any atom is 0.225 e. The van der Waals surface area contributed by atoms with E-state index in [0.717, 1.165) is 5.56 Å². The van der Waals surface area contributed by atoms with Crippen molar-refractivity contribution >= 4 is 27.1 Å². The van der Waals surface area contributed by atoms with Crippen LogP contribution < -0.4 is 11.1 Å². The van der Waals surface area contributed by atoms with Crippen LogP contribution >= 0.6 is 0 Å². The molecule has 0 heterocycles. The smallest absolute Gasteiger partial charge is 0.225 e. The van der Waals surface area contributed by atoms with Gasteiger partial charge in [0.25, 0.3) is 0 Å². The van der Waals surface area contributed by atoms with E-state index in [-0.39, 0.29) is 24.0 Å². The normalized spacial score (nSPS) is 13.2. The third kappa shape index (κ3) is 5.04. The third-order valence-corrected chi connectivity index (χ3v) is 6.11. The molecule has 1 aromatic rings. The minimum absolute atomic E-state index is 0.0363. The monoisotopic (exact) mass is 312 g/mol. The maximum atomic E-state index is 12.0. The molecule has 3 N–H and O–H groups in total. The van der Waals surface area contributed by atoms with E-state index in [1.54, 1.807) is 19.1 Å². The first-order valence-electron chi connectivity index (χ1n) is 7.01. The van der Waals surface area contributed by atoms with Gasteiger partial charge in [-0.2, -0.15) is 0 Å². The summed E-state index contributed by atoms with van der Waals surface area (Å²) in [6, 6.07) is 5.22. The average Bonchev–Trinajstić information content (AvgIpc) is 2.39. The number of sulfone groups is 1. The lowest BCUT2D eigenvalue weighted by molar-refractivity contribution is -0.115. The van der Waals surface area contributed by atoms with Gasteiger partial charge in [-0.05, 0) is 37.5 Å². The van der Waals surface area contributed by atoms with E-state index in [0.29, 0.717) is 11.4 Å². The van der Waals surface area contributed by atoms with Crippen molar-refractivity contribution in [2.75, 3.05) is 16.8 Å². The number of hydrogen-bond acceptors (Lipinski definition) is 4. The first kappa shape index (κ1) is 17.5. The average molecular weight is 312 g/mol.